The van der Waals surface area contributed by atoms with Gasteiger partial charge in [0, 0.05) is 19.5 Å². The van der Waals surface area contributed by atoms with Gasteiger partial charge in [-0.05, 0) is 36.5 Å². The molecule has 0 aromatic heterocycles. The fourth-order valence-corrected chi connectivity index (χ4v) is 2.48. The van der Waals surface area contributed by atoms with Crippen molar-refractivity contribution in [3.63, 3.8) is 0 Å². The van der Waals surface area contributed by atoms with Gasteiger partial charge in [0.15, 0.2) is 0 Å². The van der Waals surface area contributed by atoms with Gasteiger partial charge >= 0.3 is 0 Å². The van der Waals surface area contributed by atoms with Crippen molar-refractivity contribution >= 4 is 0 Å². The SMILES string of the molecule is CCC1(CNCC(C)(C)CCC#N)CCC1. The summed E-state index contributed by atoms with van der Waals surface area (Å²) in [6, 6.07) is 2.24. The average molecular weight is 222 g/mol. The van der Waals surface area contributed by atoms with Crippen LogP contribution in [0.4, 0.5) is 0 Å². The van der Waals surface area contributed by atoms with E-state index in [0.29, 0.717) is 11.8 Å². The molecule has 2 heteroatoms. The van der Waals surface area contributed by atoms with Crippen molar-refractivity contribution in [2.45, 2.75) is 59.3 Å². The predicted octanol–water partition coefficient (Wildman–Crippen LogP) is 3.49. The summed E-state index contributed by atoms with van der Waals surface area (Å²) in [4.78, 5) is 0. The Bertz CT molecular complexity index is 240. The van der Waals surface area contributed by atoms with Crippen molar-refractivity contribution in [2.75, 3.05) is 13.1 Å². The van der Waals surface area contributed by atoms with E-state index in [4.69, 9.17) is 5.26 Å². The molecule has 1 aliphatic rings. The quantitative estimate of drug-likeness (QED) is 0.715. The van der Waals surface area contributed by atoms with Crippen molar-refractivity contribution in [2.24, 2.45) is 10.8 Å². The number of rotatable bonds is 7. The molecule has 16 heavy (non-hydrogen) atoms. The first kappa shape index (κ1) is 13.5. The topological polar surface area (TPSA) is 35.8 Å². The molecule has 2 nitrogen and oxygen atoms in total. The zero-order valence-electron chi connectivity index (χ0n) is 11.1. The summed E-state index contributed by atoms with van der Waals surface area (Å²) in [6.45, 7) is 9.01. The summed E-state index contributed by atoms with van der Waals surface area (Å²) in [5, 5.41) is 12.2. The van der Waals surface area contributed by atoms with Crippen molar-refractivity contribution in [1.82, 2.24) is 5.32 Å². The Morgan fingerprint density at radius 2 is 2.06 bits per heavy atom. The van der Waals surface area contributed by atoms with Crippen LogP contribution in [0.15, 0.2) is 0 Å². The van der Waals surface area contributed by atoms with Crippen molar-refractivity contribution < 1.29 is 0 Å². The third-order valence-corrected chi connectivity index (χ3v) is 4.18. The van der Waals surface area contributed by atoms with E-state index in [-0.39, 0.29) is 5.41 Å². The van der Waals surface area contributed by atoms with Gasteiger partial charge in [-0.25, -0.2) is 0 Å². The Balaban J connectivity index is 2.21. The smallest absolute Gasteiger partial charge is 0.0621 e. The van der Waals surface area contributed by atoms with Gasteiger partial charge in [-0.2, -0.15) is 5.26 Å². The van der Waals surface area contributed by atoms with Crippen LogP contribution in [0, 0.1) is 22.2 Å². The Morgan fingerprint density at radius 1 is 1.38 bits per heavy atom. The molecule has 0 spiro atoms. The third-order valence-electron chi connectivity index (χ3n) is 4.18. The number of nitriles is 1. The molecule has 1 saturated carbocycles. The van der Waals surface area contributed by atoms with Crippen LogP contribution in [-0.4, -0.2) is 13.1 Å². The molecule has 1 fully saturated rings. The van der Waals surface area contributed by atoms with Gasteiger partial charge in [-0.3, -0.25) is 0 Å². The van der Waals surface area contributed by atoms with Gasteiger partial charge in [-0.15, -0.1) is 0 Å². The molecule has 0 aromatic carbocycles. The third kappa shape index (κ3) is 3.79. The summed E-state index contributed by atoms with van der Waals surface area (Å²) in [7, 11) is 0. The lowest BCUT2D eigenvalue weighted by Crippen LogP contribution is -2.42. The normalized spacial score (nSPS) is 18.9. The van der Waals surface area contributed by atoms with Crippen LogP contribution in [0.5, 0.6) is 0 Å². The number of nitrogens with zero attached hydrogens (tertiary/aromatic N) is 1. The molecular formula is C14H26N2. The van der Waals surface area contributed by atoms with E-state index in [1.165, 1.54) is 32.2 Å². The summed E-state index contributed by atoms with van der Waals surface area (Å²) in [5.41, 5.74) is 0.861. The van der Waals surface area contributed by atoms with Crippen LogP contribution in [0.25, 0.3) is 0 Å². The van der Waals surface area contributed by atoms with Crippen LogP contribution in [0.3, 0.4) is 0 Å². The minimum Gasteiger partial charge on any atom is -0.316 e. The Morgan fingerprint density at radius 3 is 2.50 bits per heavy atom. The van der Waals surface area contributed by atoms with E-state index in [9.17, 15) is 0 Å². The lowest BCUT2D eigenvalue weighted by Gasteiger charge is -2.42. The van der Waals surface area contributed by atoms with E-state index < -0.39 is 0 Å². The first-order valence-electron chi connectivity index (χ1n) is 6.61. The fourth-order valence-electron chi connectivity index (χ4n) is 2.48. The van der Waals surface area contributed by atoms with Crippen molar-refractivity contribution in [3.8, 4) is 6.07 Å². The number of hydrogen-bond donors (Lipinski definition) is 1. The van der Waals surface area contributed by atoms with Crippen LogP contribution in [0.2, 0.25) is 0 Å². The minimum atomic E-state index is 0.258. The second kappa shape index (κ2) is 5.68. The van der Waals surface area contributed by atoms with Crippen LogP contribution in [0.1, 0.15) is 59.3 Å². The molecule has 92 valence electrons. The second-order valence-corrected chi connectivity index (χ2v) is 6.13. The van der Waals surface area contributed by atoms with E-state index in [0.717, 1.165) is 13.0 Å². The van der Waals surface area contributed by atoms with Crippen LogP contribution >= 0.6 is 0 Å². The molecule has 0 saturated heterocycles. The van der Waals surface area contributed by atoms with E-state index in [1.807, 2.05) is 0 Å². The maximum Gasteiger partial charge on any atom is 0.0621 e. The minimum absolute atomic E-state index is 0.258. The average Bonchev–Trinajstić information content (AvgIpc) is 2.19. The van der Waals surface area contributed by atoms with Gasteiger partial charge in [0.25, 0.3) is 0 Å². The molecule has 0 atom stereocenters. The molecule has 0 aromatic rings. The molecular weight excluding hydrogens is 196 g/mol. The lowest BCUT2D eigenvalue weighted by molar-refractivity contribution is 0.118. The predicted molar refractivity (Wildman–Crippen MR) is 68.1 cm³/mol. The lowest BCUT2D eigenvalue weighted by atomic mass is 9.67. The van der Waals surface area contributed by atoms with Gasteiger partial charge < -0.3 is 5.32 Å². The standard InChI is InChI=1S/C14H26N2/c1-4-14(8-5-9-14)12-16-11-13(2,3)7-6-10-15/h16H,4-9,11-12H2,1-3H3. The molecule has 0 bridgehead atoms. The van der Waals surface area contributed by atoms with Gasteiger partial charge in [-0.1, -0.05) is 27.2 Å². The first-order valence-corrected chi connectivity index (χ1v) is 6.61. The highest BCUT2D eigenvalue weighted by molar-refractivity contribution is 4.89. The molecule has 0 aliphatic heterocycles. The first-order chi connectivity index (χ1) is 7.54. The Hall–Kier alpha value is -0.550. The highest BCUT2D eigenvalue weighted by Gasteiger charge is 2.34. The zero-order chi connectivity index (χ0) is 12.1. The zero-order valence-corrected chi connectivity index (χ0v) is 11.1. The Labute approximate surface area is 100 Å². The van der Waals surface area contributed by atoms with Crippen molar-refractivity contribution in [3.05, 3.63) is 0 Å². The summed E-state index contributed by atoms with van der Waals surface area (Å²) < 4.78 is 0. The summed E-state index contributed by atoms with van der Waals surface area (Å²) >= 11 is 0. The molecule has 1 aliphatic carbocycles. The highest BCUT2D eigenvalue weighted by Crippen LogP contribution is 2.43. The van der Waals surface area contributed by atoms with Gasteiger partial charge in [0.2, 0.25) is 0 Å². The fraction of sp³-hybridized carbons (Fsp3) is 0.929. The highest BCUT2D eigenvalue weighted by atomic mass is 14.9. The maximum atomic E-state index is 8.60. The van der Waals surface area contributed by atoms with Crippen LogP contribution < -0.4 is 5.32 Å². The molecule has 1 N–H and O–H groups in total. The summed E-state index contributed by atoms with van der Waals surface area (Å²) in [6.07, 6.45) is 7.18. The van der Waals surface area contributed by atoms with Crippen LogP contribution in [-0.2, 0) is 0 Å². The van der Waals surface area contributed by atoms with Gasteiger partial charge in [0.1, 0.15) is 0 Å². The van der Waals surface area contributed by atoms with E-state index in [2.05, 4.69) is 32.2 Å². The van der Waals surface area contributed by atoms with Crippen molar-refractivity contribution in [1.29, 1.82) is 5.26 Å². The van der Waals surface area contributed by atoms with E-state index >= 15 is 0 Å². The second-order valence-electron chi connectivity index (χ2n) is 6.13. The molecule has 0 radical (unpaired) electrons. The molecule has 0 heterocycles. The molecule has 0 amide bonds. The molecule has 0 unspecified atom stereocenters. The number of hydrogen-bond acceptors (Lipinski definition) is 2. The summed E-state index contributed by atoms with van der Waals surface area (Å²) in [5.74, 6) is 0. The van der Waals surface area contributed by atoms with Gasteiger partial charge in [0.05, 0.1) is 6.07 Å². The monoisotopic (exact) mass is 222 g/mol. The number of nitrogens with one attached hydrogen (secondary N) is 1. The maximum absolute atomic E-state index is 8.60. The van der Waals surface area contributed by atoms with E-state index in [1.54, 1.807) is 0 Å². The largest absolute Gasteiger partial charge is 0.316 e. The molecule has 1 rings (SSSR count). The Kier molecular flexibility index (Phi) is 4.80.